The van der Waals surface area contributed by atoms with Crippen LogP contribution >= 0.6 is 0 Å². The second-order valence-corrected chi connectivity index (χ2v) is 6.71. The number of amides is 3. The molecule has 2 aromatic rings. The van der Waals surface area contributed by atoms with Crippen molar-refractivity contribution in [1.82, 2.24) is 5.32 Å². The topological polar surface area (TPSA) is 113 Å². The van der Waals surface area contributed by atoms with Crippen molar-refractivity contribution < 1.29 is 14.4 Å². The van der Waals surface area contributed by atoms with Crippen molar-refractivity contribution in [1.29, 1.82) is 0 Å². The Kier molecular flexibility index (Phi) is 6.39. The lowest BCUT2D eigenvalue weighted by Crippen LogP contribution is -2.29. The van der Waals surface area contributed by atoms with Gasteiger partial charge in [0.05, 0.1) is 17.7 Å². The maximum Gasteiger partial charge on any atom is 0.253 e. The molecule has 28 heavy (non-hydrogen) atoms. The summed E-state index contributed by atoms with van der Waals surface area (Å²) in [4.78, 5) is 35.9. The van der Waals surface area contributed by atoms with Gasteiger partial charge in [-0.1, -0.05) is 24.3 Å². The number of rotatable bonds is 8. The summed E-state index contributed by atoms with van der Waals surface area (Å²) in [5.41, 5.74) is 9.29. The second kappa shape index (κ2) is 9.14. The molecule has 0 saturated heterocycles. The minimum Gasteiger partial charge on any atom is -0.351 e. The maximum atomic E-state index is 12.3. The summed E-state index contributed by atoms with van der Waals surface area (Å²) in [6.07, 6.45) is 2.17. The van der Waals surface area contributed by atoms with E-state index in [1.54, 1.807) is 24.3 Å². The first-order valence-electron chi connectivity index (χ1n) is 9.35. The highest BCUT2D eigenvalue weighted by Crippen LogP contribution is 2.24. The average molecular weight is 380 g/mol. The highest BCUT2D eigenvalue weighted by Gasteiger charge is 2.17. The van der Waals surface area contributed by atoms with Crippen LogP contribution < -0.4 is 21.7 Å². The fourth-order valence-electron chi connectivity index (χ4n) is 3.17. The van der Waals surface area contributed by atoms with Crippen LogP contribution in [0.2, 0.25) is 0 Å². The lowest BCUT2D eigenvalue weighted by molar-refractivity contribution is -0.116. The summed E-state index contributed by atoms with van der Waals surface area (Å²) in [5, 5.41) is 8.33. The number of carbonyl (C=O) groups is 3. The van der Waals surface area contributed by atoms with Gasteiger partial charge in [0.2, 0.25) is 11.8 Å². The number of aryl methyl sites for hydroxylation is 1. The molecule has 0 saturated carbocycles. The highest BCUT2D eigenvalue weighted by atomic mass is 16.2. The number of fused-ring (bicyclic) bond motifs is 1. The maximum absolute atomic E-state index is 12.3. The van der Waals surface area contributed by atoms with Crippen molar-refractivity contribution in [2.24, 2.45) is 5.73 Å². The predicted octanol–water partition coefficient (Wildman–Crippen LogP) is 1.83. The van der Waals surface area contributed by atoms with Crippen LogP contribution in [0.5, 0.6) is 0 Å². The van der Waals surface area contributed by atoms with Gasteiger partial charge in [0.25, 0.3) is 5.91 Å². The van der Waals surface area contributed by atoms with Crippen molar-refractivity contribution >= 4 is 29.1 Å². The van der Waals surface area contributed by atoms with E-state index >= 15 is 0 Å². The Balaban J connectivity index is 1.52. The molecule has 3 amide bonds. The van der Waals surface area contributed by atoms with Gasteiger partial charge in [-0.25, -0.2) is 0 Å². The first kappa shape index (κ1) is 19.6. The van der Waals surface area contributed by atoms with Crippen molar-refractivity contribution in [3.05, 3.63) is 59.2 Å². The van der Waals surface area contributed by atoms with Crippen LogP contribution in [0.4, 0.5) is 11.4 Å². The van der Waals surface area contributed by atoms with Crippen molar-refractivity contribution in [2.75, 3.05) is 23.7 Å². The Labute approximate surface area is 163 Å². The van der Waals surface area contributed by atoms with Crippen LogP contribution in [0, 0.1) is 0 Å². The molecule has 1 aliphatic rings. The molecule has 2 aromatic carbocycles. The molecule has 0 bridgehead atoms. The Hall–Kier alpha value is -3.19. The first-order valence-corrected chi connectivity index (χ1v) is 9.35. The minimum atomic E-state index is -0.261. The molecule has 0 atom stereocenters. The van der Waals surface area contributed by atoms with Crippen LogP contribution in [-0.4, -0.2) is 30.8 Å². The van der Waals surface area contributed by atoms with Gasteiger partial charge in [0.15, 0.2) is 0 Å². The number of anilines is 2. The Morgan fingerprint density at radius 2 is 1.96 bits per heavy atom. The molecule has 5 N–H and O–H groups in total. The lowest BCUT2D eigenvalue weighted by Gasteiger charge is -2.11. The normalized spacial score (nSPS) is 12.2. The van der Waals surface area contributed by atoms with Gasteiger partial charge in [-0.3, -0.25) is 14.4 Å². The molecule has 3 rings (SSSR count). The summed E-state index contributed by atoms with van der Waals surface area (Å²) < 4.78 is 0. The Bertz CT molecular complexity index is 895. The van der Waals surface area contributed by atoms with E-state index < -0.39 is 0 Å². The molecule has 1 aliphatic heterocycles. The zero-order valence-corrected chi connectivity index (χ0v) is 15.6. The van der Waals surface area contributed by atoms with Gasteiger partial charge in [0, 0.05) is 25.2 Å². The van der Waals surface area contributed by atoms with Crippen LogP contribution in [-0.2, 0) is 22.4 Å². The van der Waals surface area contributed by atoms with E-state index in [0.717, 1.165) is 23.2 Å². The summed E-state index contributed by atoms with van der Waals surface area (Å²) in [7, 11) is 0. The molecule has 0 aromatic heterocycles. The molecule has 7 nitrogen and oxygen atoms in total. The van der Waals surface area contributed by atoms with Gasteiger partial charge in [0.1, 0.15) is 0 Å². The van der Waals surface area contributed by atoms with Crippen molar-refractivity contribution in [2.45, 2.75) is 25.7 Å². The summed E-state index contributed by atoms with van der Waals surface area (Å²) in [5.74, 6) is -0.389. The van der Waals surface area contributed by atoms with Gasteiger partial charge in [-0.2, -0.15) is 0 Å². The van der Waals surface area contributed by atoms with E-state index in [2.05, 4.69) is 16.0 Å². The average Bonchev–Trinajstić information content (AvgIpc) is 3.05. The number of nitrogens with one attached hydrogen (secondary N) is 3. The molecule has 0 aliphatic carbocycles. The van der Waals surface area contributed by atoms with Gasteiger partial charge < -0.3 is 21.7 Å². The Morgan fingerprint density at radius 1 is 1.14 bits per heavy atom. The predicted molar refractivity (Wildman–Crippen MR) is 108 cm³/mol. The number of para-hydroxylation sites is 1. The monoisotopic (exact) mass is 380 g/mol. The van der Waals surface area contributed by atoms with E-state index in [-0.39, 0.29) is 17.7 Å². The minimum absolute atomic E-state index is 0.0145. The summed E-state index contributed by atoms with van der Waals surface area (Å²) >= 11 is 0. The third-order valence-corrected chi connectivity index (χ3v) is 4.54. The number of hydrogen-bond donors (Lipinski definition) is 4. The largest absolute Gasteiger partial charge is 0.351 e. The number of carbonyl (C=O) groups excluding carboxylic acids is 3. The van der Waals surface area contributed by atoms with Crippen molar-refractivity contribution in [3.8, 4) is 0 Å². The van der Waals surface area contributed by atoms with Gasteiger partial charge >= 0.3 is 0 Å². The van der Waals surface area contributed by atoms with E-state index in [9.17, 15) is 14.4 Å². The van der Waals surface area contributed by atoms with Crippen LogP contribution in [0.1, 0.15) is 34.3 Å². The molecule has 7 heteroatoms. The highest BCUT2D eigenvalue weighted by molar-refractivity contribution is 6.03. The van der Waals surface area contributed by atoms with Gasteiger partial charge in [-0.05, 0) is 42.2 Å². The van der Waals surface area contributed by atoms with E-state index in [0.29, 0.717) is 43.6 Å². The SMILES string of the molecule is NCCNC(=O)c1ccccc1NC(=O)CCCc1ccc2c(c1)CC(=O)N2. The molecular weight excluding hydrogens is 356 g/mol. The van der Waals surface area contributed by atoms with E-state index in [1.165, 1.54) is 0 Å². The third-order valence-electron chi connectivity index (χ3n) is 4.54. The fraction of sp³-hybridized carbons (Fsp3) is 0.286. The van der Waals surface area contributed by atoms with E-state index in [4.69, 9.17) is 5.73 Å². The number of benzene rings is 2. The third kappa shape index (κ3) is 4.95. The van der Waals surface area contributed by atoms with Crippen LogP contribution in [0.25, 0.3) is 0 Å². The quantitative estimate of drug-likeness (QED) is 0.559. The standard InChI is InChI=1S/C21H24N4O3/c22-10-11-23-21(28)16-5-1-2-6-18(16)25-19(26)7-3-4-14-8-9-17-15(12-14)13-20(27)24-17/h1-2,5-6,8-9,12H,3-4,7,10-11,13,22H2,(H,23,28)(H,24,27)(H,25,26). The molecule has 0 unspecified atom stereocenters. The Morgan fingerprint density at radius 3 is 2.79 bits per heavy atom. The van der Waals surface area contributed by atoms with Crippen LogP contribution in [0.15, 0.2) is 42.5 Å². The molecule has 0 radical (unpaired) electrons. The fourth-order valence-corrected chi connectivity index (χ4v) is 3.17. The van der Waals surface area contributed by atoms with Crippen LogP contribution in [0.3, 0.4) is 0 Å². The molecular formula is C21H24N4O3. The smallest absolute Gasteiger partial charge is 0.253 e. The van der Waals surface area contributed by atoms with Crippen molar-refractivity contribution in [3.63, 3.8) is 0 Å². The first-order chi connectivity index (χ1) is 13.6. The lowest BCUT2D eigenvalue weighted by atomic mass is 10.0. The second-order valence-electron chi connectivity index (χ2n) is 6.71. The van der Waals surface area contributed by atoms with Gasteiger partial charge in [-0.15, -0.1) is 0 Å². The number of nitrogens with two attached hydrogens (primary N) is 1. The van der Waals surface area contributed by atoms with E-state index in [1.807, 2.05) is 18.2 Å². The molecule has 0 fully saturated rings. The molecule has 0 spiro atoms. The molecule has 1 heterocycles. The zero-order valence-electron chi connectivity index (χ0n) is 15.6. The summed E-state index contributed by atoms with van der Waals surface area (Å²) in [6, 6.07) is 12.8. The number of hydrogen-bond acceptors (Lipinski definition) is 4. The summed E-state index contributed by atoms with van der Waals surface area (Å²) in [6.45, 7) is 0.732. The zero-order chi connectivity index (χ0) is 19.9. The molecule has 146 valence electrons.